The van der Waals surface area contributed by atoms with E-state index in [9.17, 15) is 22.4 Å². The van der Waals surface area contributed by atoms with Gasteiger partial charge in [-0.05, 0) is 58.9 Å². The summed E-state index contributed by atoms with van der Waals surface area (Å²) in [4.78, 5) is 17.6. The first kappa shape index (κ1) is 34.6. The van der Waals surface area contributed by atoms with Crippen molar-refractivity contribution in [2.24, 2.45) is 0 Å². The molecule has 39 heavy (non-hydrogen) atoms. The first-order chi connectivity index (χ1) is 17.3. The van der Waals surface area contributed by atoms with Crippen LogP contribution in [0, 0.1) is 23.3 Å². The van der Waals surface area contributed by atoms with Crippen LogP contribution in [0.1, 0.15) is 34.6 Å². The van der Waals surface area contributed by atoms with Gasteiger partial charge in [0.1, 0.15) is 28.9 Å². The molecule has 2 aliphatic rings. The normalized spacial score (nSPS) is 19.3. The molecule has 0 aliphatic carbocycles. The summed E-state index contributed by atoms with van der Waals surface area (Å²) in [6, 6.07) is 7.34. The molecule has 2 aromatic rings. The van der Waals surface area contributed by atoms with Crippen molar-refractivity contribution in [2.45, 2.75) is 52.3 Å². The van der Waals surface area contributed by atoms with E-state index in [0.717, 1.165) is 31.8 Å². The summed E-state index contributed by atoms with van der Waals surface area (Å²) in [7, 11) is 0. The monoisotopic (exact) mass is 596 g/mol. The Morgan fingerprint density at radius 3 is 1.67 bits per heavy atom. The molecule has 2 fully saturated rings. The van der Waals surface area contributed by atoms with E-state index in [2.05, 4.69) is 5.32 Å². The SMILES string of the molecule is C[C@H]1CN(C(=O)OC(C)(C)C)CCN1c1cc(F)cc(F)c1.C[C@H]1CNCCN1c1cc(F)cc(F)c1.Cl.Cl. The zero-order chi connectivity index (χ0) is 27.3. The maximum Gasteiger partial charge on any atom is 0.410 e. The van der Waals surface area contributed by atoms with E-state index in [1.165, 1.54) is 24.3 Å². The lowest BCUT2D eigenvalue weighted by atomic mass is 10.1. The fourth-order valence-corrected chi connectivity index (χ4v) is 4.47. The maximum atomic E-state index is 13.3. The Morgan fingerprint density at radius 1 is 0.795 bits per heavy atom. The van der Waals surface area contributed by atoms with Crippen LogP contribution in [-0.2, 0) is 4.74 Å². The second-order valence-corrected chi connectivity index (χ2v) is 10.5. The summed E-state index contributed by atoms with van der Waals surface area (Å²) in [6.45, 7) is 13.3. The van der Waals surface area contributed by atoms with Crippen molar-refractivity contribution in [3.8, 4) is 0 Å². The molecule has 0 bridgehead atoms. The fourth-order valence-electron chi connectivity index (χ4n) is 4.47. The average Bonchev–Trinajstić information content (AvgIpc) is 2.77. The van der Waals surface area contributed by atoms with Crippen LogP contribution >= 0.6 is 24.8 Å². The molecule has 2 aliphatic heterocycles. The molecule has 2 atom stereocenters. The zero-order valence-electron chi connectivity index (χ0n) is 22.8. The fraction of sp³-hybridized carbons (Fsp3) is 0.519. The van der Waals surface area contributed by atoms with Crippen LogP contribution < -0.4 is 15.1 Å². The van der Waals surface area contributed by atoms with E-state index >= 15 is 0 Å². The predicted octanol–water partition coefficient (Wildman–Crippen LogP) is 6.02. The van der Waals surface area contributed by atoms with Crippen molar-refractivity contribution in [2.75, 3.05) is 49.1 Å². The number of amides is 1. The van der Waals surface area contributed by atoms with Crippen LogP contribution in [0.25, 0.3) is 0 Å². The molecule has 0 spiro atoms. The number of hydrogen-bond donors (Lipinski definition) is 1. The molecule has 0 unspecified atom stereocenters. The third kappa shape index (κ3) is 10.2. The number of carbonyl (C=O) groups excluding carboxylic acids is 1. The van der Waals surface area contributed by atoms with Gasteiger partial charge in [0.15, 0.2) is 0 Å². The van der Waals surface area contributed by atoms with Gasteiger partial charge in [-0.1, -0.05) is 0 Å². The molecule has 1 N–H and O–H groups in total. The zero-order valence-corrected chi connectivity index (χ0v) is 24.5. The van der Waals surface area contributed by atoms with E-state index in [1.807, 2.05) is 44.4 Å². The number of ether oxygens (including phenoxy) is 1. The molecular weight excluding hydrogens is 559 g/mol. The van der Waals surface area contributed by atoms with Gasteiger partial charge in [-0.15, -0.1) is 24.8 Å². The van der Waals surface area contributed by atoms with Gasteiger partial charge < -0.3 is 24.8 Å². The minimum absolute atomic E-state index is 0. The standard InChI is InChI=1S/C16H22F2N2O2.C11H14F2N2.2ClH/c1-11-10-19(15(21)22-16(2,3)4)5-6-20(11)14-8-12(17)7-13(18)9-14;1-8-7-14-2-3-15(8)11-5-9(12)4-10(13)6-11;;/h7-9,11H,5-6,10H2,1-4H3;4-6,8,14H,2-3,7H2,1H3;2*1H/t11-;8-;;/m00../s1. The largest absolute Gasteiger partial charge is 0.444 e. The Balaban J connectivity index is 0.000000394. The Labute approximate surface area is 240 Å². The molecular formula is C27H38Cl2F4N4O2. The van der Waals surface area contributed by atoms with Crippen LogP contribution in [0.3, 0.4) is 0 Å². The number of halogens is 6. The minimum atomic E-state index is -0.600. The van der Waals surface area contributed by atoms with Crippen molar-refractivity contribution in [3.05, 3.63) is 59.7 Å². The number of piperazine rings is 2. The summed E-state index contributed by atoms with van der Waals surface area (Å²) in [5.74, 6) is -2.24. The van der Waals surface area contributed by atoms with E-state index in [-0.39, 0.29) is 43.0 Å². The van der Waals surface area contributed by atoms with Crippen molar-refractivity contribution in [3.63, 3.8) is 0 Å². The molecule has 2 aromatic carbocycles. The van der Waals surface area contributed by atoms with Gasteiger partial charge >= 0.3 is 6.09 Å². The number of anilines is 2. The van der Waals surface area contributed by atoms with Gasteiger partial charge in [0.25, 0.3) is 0 Å². The highest BCUT2D eigenvalue weighted by atomic mass is 35.5. The molecule has 12 heteroatoms. The lowest BCUT2D eigenvalue weighted by Gasteiger charge is -2.41. The lowest BCUT2D eigenvalue weighted by Crippen LogP contribution is -2.54. The van der Waals surface area contributed by atoms with Crippen LogP contribution in [-0.4, -0.2) is 67.9 Å². The quantitative estimate of drug-likeness (QED) is 0.430. The number of rotatable bonds is 2. The van der Waals surface area contributed by atoms with Gasteiger partial charge in [0, 0.05) is 74.9 Å². The highest BCUT2D eigenvalue weighted by Gasteiger charge is 2.30. The number of hydrogen-bond acceptors (Lipinski definition) is 5. The Kier molecular flexibility index (Phi) is 13.1. The van der Waals surface area contributed by atoms with Crippen LogP contribution in [0.2, 0.25) is 0 Å². The smallest absolute Gasteiger partial charge is 0.410 e. The summed E-state index contributed by atoms with van der Waals surface area (Å²) in [5, 5.41) is 3.23. The van der Waals surface area contributed by atoms with Crippen molar-refractivity contribution in [1.29, 1.82) is 0 Å². The molecule has 4 rings (SSSR count). The molecule has 0 radical (unpaired) electrons. The van der Waals surface area contributed by atoms with Gasteiger partial charge in [0.2, 0.25) is 0 Å². The van der Waals surface area contributed by atoms with Crippen molar-refractivity contribution in [1.82, 2.24) is 10.2 Å². The van der Waals surface area contributed by atoms with Crippen molar-refractivity contribution >= 4 is 42.3 Å². The number of nitrogens with zero attached hydrogens (tertiary/aromatic N) is 3. The van der Waals surface area contributed by atoms with Gasteiger partial charge in [-0.25, -0.2) is 22.4 Å². The van der Waals surface area contributed by atoms with Gasteiger partial charge in [-0.2, -0.15) is 0 Å². The van der Waals surface area contributed by atoms with Crippen LogP contribution in [0.15, 0.2) is 36.4 Å². The number of nitrogens with one attached hydrogen (secondary N) is 1. The predicted molar refractivity (Wildman–Crippen MR) is 152 cm³/mol. The summed E-state index contributed by atoms with van der Waals surface area (Å²) >= 11 is 0. The summed E-state index contributed by atoms with van der Waals surface area (Å²) in [6.07, 6.45) is -0.357. The molecule has 0 saturated carbocycles. The number of carbonyl (C=O) groups is 1. The third-order valence-electron chi connectivity index (χ3n) is 6.14. The van der Waals surface area contributed by atoms with E-state index in [4.69, 9.17) is 4.74 Å². The second kappa shape index (κ2) is 14.8. The molecule has 2 saturated heterocycles. The number of benzene rings is 2. The molecule has 220 valence electrons. The van der Waals surface area contributed by atoms with Crippen LogP contribution in [0.4, 0.5) is 33.7 Å². The van der Waals surface area contributed by atoms with Gasteiger partial charge in [-0.3, -0.25) is 0 Å². The highest BCUT2D eigenvalue weighted by molar-refractivity contribution is 5.85. The molecule has 6 nitrogen and oxygen atoms in total. The molecule has 2 heterocycles. The third-order valence-corrected chi connectivity index (χ3v) is 6.14. The molecule has 1 amide bonds. The summed E-state index contributed by atoms with van der Waals surface area (Å²) < 4.78 is 58.1. The van der Waals surface area contributed by atoms with Crippen LogP contribution in [0.5, 0.6) is 0 Å². The Morgan fingerprint density at radius 2 is 1.26 bits per heavy atom. The maximum absolute atomic E-state index is 13.3. The average molecular weight is 598 g/mol. The minimum Gasteiger partial charge on any atom is -0.444 e. The Hall–Kier alpha value is -2.43. The first-order valence-electron chi connectivity index (χ1n) is 12.5. The van der Waals surface area contributed by atoms with E-state index in [0.29, 0.717) is 31.0 Å². The highest BCUT2D eigenvalue weighted by Crippen LogP contribution is 2.24. The first-order valence-corrected chi connectivity index (χ1v) is 12.5. The molecule has 0 aromatic heterocycles. The lowest BCUT2D eigenvalue weighted by molar-refractivity contribution is 0.0218. The van der Waals surface area contributed by atoms with Crippen molar-refractivity contribution < 1.29 is 27.1 Å². The van der Waals surface area contributed by atoms with E-state index in [1.54, 1.807) is 4.90 Å². The second-order valence-electron chi connectivity index (χ2n) is 10.5. The van der Waals surface area contributed by atoms with Gasteiger partial charge in [0.05, 0.1) is 0 Å². The topological polar surface area (TPSA) is 48.1 Å². The Bertz CT molecular complexity index is 1050. The summed E-state index contributed by atoms with van der Waals surface area (Å²) in [5.41, 5.74) is 0.582. The van der Waals surface area contributed by atoms with E-state index < -0.39 is 28.9 Å².